The van der Waals surface area contributed by atoms with E-state index in [-0.39, 0.29) is 17.6 Å². The molecule has 0 heterocycles. The van der Waals surface area contributed by atoms with Crippen LogP contribution in [0.3, 0.4) is 0 Å². The molecule has 0 saturated heterocycles. The van der Waals surface area contributed by atoms with Gasteiger partial charge >= 0.3 is 0 Å². The lowest BCUT2D eigenvalue weighted by Gasteiger charge is -2.16. The molecule has 0 radical (unpaired) electrons. The fourth-order valence-electron chi connectivity index (χ4n) is 2.04. The number of hydrogen-bond acceptors (Lipinski definition) is 3. The molecule has 1 unspecified atom stereocenters. The molecule has 0 saturated carbocycles. The third-order valence-corrected chi connectivity index (χ3v) is 3.79. The Balaban J connectivity index is 2.06. The Labute approximate surface area is 123 Å². The molecule has 6 heteroatoms. The molecule has 3 N–H and O–H groups in total. The van der Waals surface area contributed by atoms with Crippen LogP contribution in [0.1, 0.15) is 24.1 Å². The van der Waals surface area contributed by atoms with Crippen molar-refractivity contribution < 1.29 is 12.8 Å². The van der Waals surface area contributed by atoms with E-state index in [1.54, 1.807) is 30.3 Å². The van der Waals surface area contributed by atoms with Crippen LogP contribution in [0, 0.1) is 5.82 Å². The molecule has 0 spiro atoms. The van der Waals surface area contributed by atoms with Crippen molar-refractivity contribution in [1.82, 2.24) is 0 Å². The van der Waals surface area contributed by atoms with Crippen molar-refractivity contribution >= 4 is 15.7 Å². The molecule has 0 aliphatic heterocycles. The van der Waals surface area contributed by atoms with Gasteiger partial charge in [-0.25, -0.2) is 17.9 Å². The largest absolute Gasteiger partial charge is 0.379 e. The van der Waals surface area contributed by atoms with E-state index < -0.39 is 10.0 Å². The predicted molar refractivity (Wildman–Crippen MR) is 81.7 cm³/mol. The van der Waals surface area contributed by atoms with E-state index in [4.69, 9.17) is 5.14 Å². The maximum Gasteiger partial charge on any atom is 0.213 e. The molecule has 112 valence electrons. The highest BCUT2D eigenvalue weighted by Gasteiger charge is 2.08. The molecule has 0 aromatic heterocycles. The lowest BCUT2D eigenvalue weighted by molar-refractivity contribution is 0.597. The van der Waals surface area contributed by atoms with Gasteiger partial charge in [0.15, 0.2) is 0 Å². The smallest absolute Gasteiger partial charge is 0.213 e. The fraction of sp³-hybridized carbons (Fsp3) is 0.200. The van der Waals surface area contributed by atoms with E-state index in [0.717, 1.165) is 11.3 Å². The zero-order valence-electron chi connectivity index (χ0n) is 11.6. The Hall–Kier alpha value is -1.92. The minimum atomic E-state index is -3.52. The van der Waals surface area contributed by atoms with Crippen molar-refractivity contribution in [1.29, 1.82) is 0 Å². The second kappa shape index (κ2) is 6.24. The van der Waals surface area contributed by atoms with Crippen LogP contribution in [0.25, 0.3) is 0 Å². The molecule has 0 aliphatic rings. The van der Waals surface area contributed by atoms with E-state index in [2.05, 4.69) is 5.32 Å². The van der Waals surface area contributed by atoms with E-state index in [1.165, 1.54) is 12.1 Å². The van der Waals surface area contributed by atoms with E-state index in [1.807, 2.05) is 13.0 Å². The highest BCUT2D eigenvalue weighted by Crippen LogP contribution is 2.20. The van der Waals surface area contributed by atoms with Crippen LogP contribution in [0.2, 0.25) is 0 Å². The molecule has 21 heavy (non-hydrogen) atoms. The molecule has 2 rings (SSSR count). The van der Waals surface area contributed by atoms with Crippen molar-refractivity contribution in [2.45, 2.75) is 18.7 Å². The molecular weight excluding hydrogens is 291 g/mol. The molecule has 4 nitrogen and oxygen atoms in total. The first-order chi connectivity index (χ1) is 9.83. The summed E-state index contributed by atoms with van der Waals surface area (Å²) in [6.07, 6.45) is 0. The van der Waals surface area contributed by atoms with Gasteiger partial charge in [-0.1, -0.05) is 24.3 Å². The maximum atomic E-state index is 13.2. The molecule has 0 bridgehead atoms. The summed E-state index contributed by atoms with van der Waals surface area (Å²) in [6.45, 7) is 1.92. The summed E-state index contributed by atoms with van der Waals surface area (Å²) in [5, 5.41) is 8.23. The molecule has 0 aliphatic carbocycles. The summed E-state index contributed by atoms with van der Waals surface area (Å²) in [4.78, 5) is 0. The number of anilines is 1. The monoisotopic (exact) mass is 308 g/mol. The average molecular weight is 308 g/mol. The van der Waals surface area contributed by atoms with Gasteiger partial charge in [0.25, 0.3) is 0 Å². The lowest BCUT2D eigenvalue weighted by Crippen LogP contribution is -2.14. The van der Waals surface area contributed by atoms with Crippen molar-refractivity contribution in [2.75, 3.05) is 5.32 Å². The maximum absolute atomic E-state index is 13.2. The van der Waals surface area contributed by atoms with Crippen LogP contribution in [-0.4, -0.2) is 8.42 Å². The zero-order valence-corrected chi connectivity index (χ0v) is 12.4. The third kappa shape index (κ3) is 4.84. The molecule has 2 aromatic rings. The van der Waals surface area contributed by atoms with Gasteiger partial charge in [-0.3, -0.25) is 0 Å². The number of nitrogens with two attached hydrogens (primary N) is 1. The van der Waals surface area contributed by atoms with Crippen molar-refractivity contribution in [3.8, 4) is 0 Å². The van der Waals surface area contributed by atoms with E-state index in [0.29, 0.717) is 5.56 Å². The number of nitrogens with one attached hydrogen (secondary N) is 1. The third-order valence-electron chi connectivity index (χ3n) is 3.05. The SMILES string of the molecule is CC(Nc1ccc(CS(N)(=O)=O)cc1)c1cccc(F)c1. The zero-order chi connectivity index (χ0) is 15.5. The van der Waals surface area contributed by atoms with Gasteiger partial charge < -0.3 is 5.32 Å². The Morgan fingerprint density at radius 2 is 1.86 bits per heavy atom. The lowest BCUT2D eigenvalue weighted by atomic mass is 10.1. The number of sulfonamides is 1. The van der Waals surface area contributed by atoms with Gasteiger partial charge in [-0.05, 0) is 42.3 Å². The summed E-state index contributed by atoms with van der Waals surface area (Å²) < 4.78 is 35.2. The summed E-state index contributed by atoms with van der Waals surface area (Å²) >= 11 is 0. The number of rotatable bonds is 5. The van der Waals surface area contributed by atoms with Crippen molar-refractivity contribution in [3.05, 3.63) is 65.5 Å². The van der Waals surface area contributed by atoms with Gasteiger partial charge in [0.2, 0.25) is 10.0 Å². The van der Waals surface area contributed by atoms with E-state index in [9.17, 15) is 12.8 Å². The summed E-state index contributed by atoms with van der Waals surface area (Å²) in [5.74, 6) is -0.461. The molecule has 1 atom stereocenters. The minimum absolute atomic E-state index is 0.0650. The van der Waals surface area contributed by atoms with Gasteiger partial charge in [-0.2, -0.15) is 0 Å². The molecule has 0 fully saturated rings. The Kier molecular flexibility index (Phi) is 4.59. The predicted octanol–water partition coefficient (Wildman–Crippen LogP) is 2.79. The van der Waals surface area contributed by atoms with Gasteiger partial charge in [-0.15, -0.1) is 0 Å². The van der Waals surface area contributed by atoms with Gasteiger partial charge in [0, 0.05) is 11.7 Å². The average Bonchev–Trinajstić information content (AvgIpc) is 2.39. The van der Waals surface area contributed by atoms with Crippen LogP contribution in [0.5, 0.6) is 0 Å². The molecule has 2 aromatic carbocycles. The van der Waals surface area contributed by atoms with Crippen LogP contribution >= 0.6 is 0 Å². The number of halogens is 1. The topological polar surface area (TPSA) is 72.2 Å². The first-order valence-electron chi connectivity index (χ1n) is 6.45. The quantitative estimate of drug-likeness (QED) is 0.892. The van der Waals surface area contributed by atoms with E-state index >= 15 is 0 Å². The highest BCUT2D eigenvalue weighted by atomic mass is 32.2. The first kappa shape index (κ1) is 15.5. The van der Waals surface area contributed by atoms with Crippen molar-refractivity contribution in [3.63, 3.8) is 0 Å². The number of primary sulfonamides is 1. The van der Waals surface area contributed by atoms with Crippen LogP contribution in [-0.2, 0) is 15.8 Å². The fourth-order valence-corrected chi connectivity index (χ4v) is 2.70. The van der Waals surface area contributed by atoms with Crippen LogP contribution in [0.4, 0.5) is 10.1 Å². The normalized spacial score (nSPS) is 12.9. The standard InChI is InChI=1S/C15H17FN2O2S/c1-11(13-3-2-4-14(16)9-13)18-15-7-5-12(6-8-15)10-21(17,19)20/h2-9,11,18H,10H2,1H3,(H2,17,19,20). The Bertz CT molecular complexity index is 715. The summed E-state index contributed by atoms with van der Waals surface area (Å²) in [7, 11) is -3.52. The van der Waals surface area contributed by atoms with Crippen LogP contribution < -0.4 is 10.5 Å². The second-order valence-electron chi connectivity index (χ2n) is 4.93. The number of benzene rings is 2. The minimum Gasteiger partial charge on any atom is -0.379 e. The highest BCUT2D eigenvalue weighted by molar-refractivity contribution is 7.88. The second-order valence-corrected chi connectivity index (χ2v) is 6.54. The summed E-state index contributed by atoms with van der Waals surface area (Å²) in [6, 6.07) is 13.3. The van der Waals surface area contributed by atoms with Gasteiger partial charge in [0.05, 0.1) is 5.75 Å². The van der Waals surface area contributed by atoms with Crippen LogP contribution in [0.15, 0.2) is 48.5 Å². The number of hydrogen-bond donors (Lipinski definition) is 2. The van der Waals surface area contributed by atoms with Gasteiger partial charge in [0.1, 0.15) is 5.82 Å². The molecular formula is C15H17FN2O2S. The Morgan fingerprint density at radius 3 is 2.43 bits per heavy atom. The summed E-state index contributed by atoms with van der Waals surface area (Å²) in [5.41, 5.74) is 2.29. The molecule has 0 amide bonds. The first-order valence-corrected chi connectivity index (χ1v) is 8.16. The Morgan fingerprint density at radius 1 is 1.19 bits per heavy atom. The van der Waals surface area contributed by atoms with Crippen molar-refractivity contribution in [2.24, 2.45) is 5.14 Å².